The third kappa shape index (κ3) is 2.62. The van der Waals surface area contributed by atoms with Gasteiger partial charge in [-0.15, -0.1) is 0 Å². The number of anilines is 1. The van der Waals surface area contributed by atoms with Crippen LogP contribution in [-0.4, -0.2) is 32.2 Å². The normalized spacial score (nSPS) is 10.3. The van der Waals surface area contributed by atoms with E-state index >= 15 is 0 Å². The van der Waals surface area contributed by atoms with E-state index in [9.17, 15) is 0 Å². The van der Waals surface area contributed by atoms with Crippen LogP contribution in [0.25, 0.3) is 0 Å². The van der Waals surface area contributed by atoms with Gasteiger partial charge in [-0.05, 0) is 22.1 Å². The van der Waals surface area contributed by atoms with Crippen molar-refractivity contribution < 1.29 is 0 Å². The molecule has 6 nitrogen and oxygen atoms in total. The second-order valence-electron chi connectivity index (χ2n) is 4.02. The molecule has 94 valence electrons. The average molecular weight is 262 g/mol. The van der Waals surface area contributed by atoms with Gasteiger partial charge in [0.1, 0.15) is 4.99 Å². The van der Waals surface area contributed by atoms with Gasteiger partial charge in [0.15, 0.2) is 0 Å². The highest BCUT2D eigenvalue weighted by Crippen LogP contribution is 2.11. The highest BCUT2D eigenvalue weighted by molar-refractivity contribution is 7.80. The fourth-order valence-corrected chi connectivity index (χ4v) is 1.84. The van der Waals surface area contributed by atoms with Gasteiger partial charge in [-0.3, -0.25) is 0 Å². The Labute approximate surface area is 110 Å². The van der Waals surface area contributed by atoms with Crippen molar-refractivity contribution >= 4 is 23.2 Å². The van der Waals surface area contributed by atoms with E-state index in [1.54, 1.807) is 11.7 Å². The molecule has 7 heteroatoms. The van der Waals surface area contributed by atoms with E-state index in [4.69, 9.17) is 18.0 Å². The molecule has 1 heterocycles. The molecule has 1 aromatic carbocycles. The van der Waals surface area contributed by atoms with Crippen molar-refractivity contribution in [2.75, 3.05) is 11.9 Å². The lowest BCUT2D eigenvalue weighted by Gasteiger charge is -2.16. The number of hydrogen-bond acceptors (Lipinski definition) is 5. The average Bonchev–Trinajstić information content (AvgIpc) is 2.76. The minimum Gasteiger partial charge on any atom is -0.389 e. The Bertz CT molecular complexity index is 564. The molecule has 0 radical (unpaired) electrons. The number of rotatable bonds is 4. The van der Waals surface area contributed by atoms with E-state index in [2.05, 4.69) is 15.5 Å². The van der Waals surface area contributed by atoms with E-state index < -0.39 is 0 Å². The predicted octanol–water partition coefficient (Wildman–Crippen LogP) is 0.481. The van der Waals surface area contributed by atoms with E-state index in [1.807, 2.05) is 36.2 Å². The molecule has 1 aromatic heterocycles. The van der Waals surface area contributed by atoms with Crippen LogP contribution >= 0.6 is 12.2 Å². The van der Waals surface area contributed by atoms with Crippen LogP contribution in [0.1, 0.15) is 11.1 Å². The molecule has 0 aliphatic heterocycles. The molecular weight excluding hydrogens is 248 g/mol. The third-order valence-corrected chi connectivity index (χ3v) is 2.81. The van der Waals surface area contributed by atoms with Crippen LogP contribution in [0.3, 0.4) is 0 Å². The Hall–Kier alpha value is -2.02. The van der Waals surface area contributed by atoms with Crippen molar-refractivity contribution in [1.82, 2.24) is 20.2 Å². The van der Waals surface area contributed by atoms with Gasteiger partial charge in [-0.1, -0.05) is 35.5 Å². The lowest BCUT2D eigenvalue weighted by molar-refractivity contribution is 0.696. The minimum atomic E-state index is 0.403. The summed E-state index contributed by atoms with van der Waals surface area (Å²) in [6.45, 7) is 0.685. The summed E-state index contributed by atoms with van der Waals surface area (Å²) in [4.78, 5) is 2.36. The van der Waals surface area contributed by atoms with Gasteiger partial charge in [0.2, 0.25) is 5.95 Å². The summed E-state index contributed by atoms with van der Waals surface area (Å²) in [7, 11) is 3.73. The third-order valence-electron chi connectivity index (χ3n) is 2.57. The molecule has 0 saturated carbocycles. The van der Waals surface area contributed by atoms with Crippen LogP contribution in [0.15, 0.2) is 24.3 Å². The van der Waals surface area contributed by atoms with E-state index in [1.165, 1.54) is 0 Å². The zero-order valence-electron chi connectivity index (χ0n) is 10.2. The van der Waals surface area contributed by atoms with Crippen molar-refractivity contribution in [2.24, 2.45) is 12.8 Å². The number of hydrogen-bond donors (Lipinski definition) is 1. The first-order valence-electron chi connectivity index (χ1n) is 5.40. The van der Waals surface area contributed by atoms with Gasteiger partial charge in [0.05, 0.1) is 0 Å². The number of aryl methyl sites for hydroxylation is 1. The summed E-state index contributed by atoms with van der Waals surface area (Å²) in [6, 6.07) is 7.83. The summed E-state index contributed by atoms with van der Waals surface area (Å²) >= 11 is 4.96. The first-order valence-corrected chi connectivity index (χ1v) is 5.81. The molecule has 2 rings (SSSR count). The molecule has 2 aromatic rings. The van der Waals surface area contributed by atoms with Crippen LogP contribution in [0, 0.1) is 0 Å². The standard InChI is InChI=1S/C11H14N6S/c1-16(11-13-14-15-17(11)2)7-8-4-3-5-9(6-8)10(12)18/h3-6H,7H2,1-2H3,(H2,12,18). The van der Waals surface area contributed by atoms with Crippen molar-refractivity contribution in [2.45, 2.75) is 6.54 Å². The van der Waals surface area contributed by atoms with E-state index in [0.29, 0.717) is 17.5 Å². The van der Waals surface area contributed by atoms with Crippen LogP contribution in [0.2, 0.25) is 0 Å². The number of tetrazole rings is 1. The Morgan fingerprint density at radius 1 is 1.50 bits per heavy atom. The highest BCUT2D eigenvalue weighted by Gasteiger charge is 2.09. The maximum absolute atomic E-state index is 5.61. The highest BCUT2D eigenvalue weighted by atomic mass is 32.1. The molecule has 0 saturated heterocycles. The van der Waals surface area contributed by atoms with Gasteiger partial charge in [0.25, 0.3) is 0 Å². The second-order valence-corrected chi connectivity index (χ2v) is 4.46. The van der Waals surface area contributed by atoms with Gasteiger partial charge < -0.3 is 10.6 Å². The fourth-order valence-electron chi connectivity index (χ4n) is 1.72. The lowest BCUT2D eigenvalue weighted by Crippen LogP contribution is -2.20. The molecule has 0 unspecified atom stereocenters. The Morgan fingerprint density at radius 2 is 2.28 bits per heavy atom. The van der Waals surface area contributed by atoms with Gasteiger partial charge in [0, 0.05) is 26.2 Å². The summed E-state index contributed by atoms with van der Waals surface area (Å²) in [5, 5.41) is 11.4. The van der Waals surface area contributed by atoms with Crippen molar-refractivity contribution in [3.63, 3.8) is 0 Å². The van der Waals surface area contributed by atoms with Gasteiger partial charge >= 0.3 is 0 Å². The Balaban J connectivity index is 2.17. The molecule has 0 fully saturated rings. The van der Waals surface area contributed by atoms with Crippen molar-refractivity contribution in [1.29, 1.82) is 0 Å². The molecule has 0 bridgehead atoms. The van der Waals surface area contributed by atoms with Gasteiger partial charge in [-0.2, -0.15) is 0 Å². The predicted molar refractivity (Wildman–Crippen MR) is 73.2 cm³/mol. The summed E-state index contributed by atoms with van der Waals surface area (Å²) < 4.78 is 1.62. The molecule has 2 N–H and O–H groups in total. The van der Waals surface area contributed by atoms with Crippen LogP contribution < -0.4 is 10.6 Å². The topological polar surface area (TPSA) is 72.9 Å². The molecule has 0 spiro atoms. The number of aromatic nitrogens is 4. The van der Waals surface area contributed by atoms with E-state index in [-0.39, 0.29) is 0 Å². The quantitative estimate of drug-likeness (QED) is 0.808. The molecular formula is C11H14N6S. The maximum atomic E-state index is 5.61. The van der Waals surface area contributed by atoms with Crippen LogP contribution in [0.4, 0.5) is 5.95 Å². The fraction of sp³-hybridized carbons (Fsp3) is 0.273. The first kappa shape index (κ1) is 12.4. The van der Waals surface area contributed by atoms with E-state index in [0.717, 1.165) is 11.1 Å². The van der Waals surface area contributed by atoms with Crippen molar-refractivity contribution in [3.05, 3.63) is 35.4 Å². The zero-order chi connectivity index (χ0) is 13.1. The second kappa shape index (κ2) is 5.09. The SMILES string of the molecule is CN(Cc1cccc(C(N)=S)c1)c1nnnn1C. The molecule has 0 aliphatic carbocycles. The lowest BCUT2D eigenvalue weighted by atomic mass is 10.1. The minimum absolute atomic E-state index is 0.403. The maximum Gasteiger partial charge on any atom is 0.245 e. The molecule has 0 amide bonds. The smallest absolute Gasteiger partial charge is 0.245 e. The monoisotopic (exact) mass is 262 g/mol. The summed E-state index contributed by atoms with van der Waals surface area (Å²) in [6.07, 6.45) is 0. The van der Waals surface area contributed by atoms with Crippen LogP contribution in [-0.2, 0) is 13.6 Å². The number of benzene rings is 1. The van der Waals surface area contributed by atoms with Crippen LogP contribution in [0.5, 0.6) is 0 Å². The Kier molecular flexibility index (Phi) is 3.52. The summed E-state index contributed by atoms with van der Waals surface area (Å²) in [5.41, 5.74) is 7.58. The molecule has 0 atom stereocenters. The first-order chi connectivity index (χ1) is 8.58. The van der Waals surface area contributed by atoms with Gasteiger partial charge in [-0.25, -0.2) is 4.68 Å². The zero-order valence-corrected chi connectivity index (χ0v) is 11.1. The number of thiocarbonyl (C=S) groups is 1. The molecule has 0 aliphatic rings. The number of nitrogens with zero attached hydrogens (tertiary/aromatic N) is 5. The molecule has 18 heavy (non-hydrogen) atoms. The van der Waals surface area contributed by atoms with Crippen molar-refractivity contribution in [3.8, 4) is 0 Å². The Morgan fingerprint density at radius 3 is 2.89 bits per heavy atom. The number of nitrogens with two attached hydrogens (primary N) is 1. The largest absolute Gasteiger partial charge is 0.389 e. The summed E-state index contributed by atoms with van der Waals surface area (Å²) in [5.74, 6) is 0.704.